The summed E-state index contributed by atoms with van der Waals surface area (Å²) in [6.07, 6.45) is 1.13. The van der Waals surface area contributed by atoms with Crippen molar-refractivity contribution < 1.29 is 19.4 Å². The molecule has 0 saturated heterocycles. The number of nitrogens with one attached hydrogen (secondary N) is 1. The lowest BCUT2D eigenvalue weighted by Crippen LogP contribution is -2.42. The van der Waals surface area contributed by atoms with Crippen LogP contribution in [0.15, 0.2) is 24.3 Å². The van der Waals surface area contributed by atoms with Gasteiger partial charge in [0.05, 0.1) is 6.61 Å². The van der Waals surface area contributed by atoms with Gasteiger partial charge in [0.25, 0.3) is 0 Å². The maximum absolute atomic E-state index is 11.5. The summed E-state index contributed by atoms with van der Waals surface area (Å²) < 4.78 is 4.89. The van der Waals surface area contributed by atoms with Crippen LogP contribution in [0.3, 0.4) is 0 Å². The standard InChI is InChI=1S/C14H20N2O4/c1-2-3-8-20-14(19)16-12(13(17)18)9-10-4-6-11(15)7-5-10/h4-7,12H,2-3,8-9,15H2,1H3,(H,16,19)(H,17,18)/t12-/m0/s1. The van der Waals surface area contributed by atoms with E-state index in [1.165, 1.54) is 0 Å². The van der Waals surface area contributed by atoms with Crippen LogP contribution in [0.1, 0.15) is 25.3 Å². The second-order valence-electron chi connectivity index (χ2n) is 4.47. The van der Waals surface area contributed by atoms with Gasteiger partial charge in [0.15, 0.2) is 0 Å². The van der Waals surface area contributed by atoms with Gasteiger partial charge in [-0.15, -0.1) is 0 Å². The fourth-order valence-electron chi connectivity index (χ4n) is 1.58. The summed E-state index contributed by atoms with van der Waals surface area (Å²) >= 11 is 0. The van der Waals surface area contributed by atoms with Gasteiger partial charge in [-0.05, 0) is 24.1 Å². The van der Waals surface area contributed by atoms with Gasteiger partial charge in [0, 0.05) is 12.1 Å². The van der Waals surface area contributed by atoms with Gasteiger partial charge in [0.2, 0.25) is 0 Å². The van der Waals surface area contributed by atoms with Crippen LogP contribution < -0.4 is 11.1 Å². The van der Waals surface area contributed by atoms with Crippen LogP contribution in [0, 0.1) is 0 Å². The first-order valence-electron chi connectivity index (χ1n) is 6.53. The highest BCUT2D eigenvalue weighted by molar-refractivity contribution is 5.80. The van der Waals surface area contributed by atoms with Crippen molar-refractivity contribution in [3.63, 3.8) is 0 Å². The Balaban J connectivity index is 2.54. The summed E-state index contributed by atoms with van der Waals surface area (Å²) in [5.41, 5.74) is 6.94. The minimum atomic E-state index is -1.10. The molecule has 20 heavy (non-hydrogen) atoms. The van der Waals surface area contributed by atoms with Crippen molar-refractivity contribution in [3.8, 4) is 0 Å². The van der Waals surface area contributed by atoms with E-state index in [9.17, 15) is 9.59 Å². The molecule has 0 radical (unpaired) electrons. The van der Waals surface area contributed by atoms with E-state index in [4.69, 9.17) is 15.6 Å². The van der Waals surface area contributed by atoms with Crippen LogP contribution in [0.2, 0.25) is 0 Å². The summed E-state index contributed by atoms with van der Waals surface area (Å²) in [6, 6.07) is 5.82. The molecule has 0 bridgehead atoms. The normalized spacial score (nSPS) is 11.7. The van der Waals surface area contributed by atoms with E-state index < -0.39 is 18.1 Å². The Kier molecular flexibility index (Phi) is 6.36. The molecule has 0 heterocycles. The summed E-state index contributed by atoms with van der Waals surface area (Å²) in [5.74, 6) is -1.10. The van der Waals surface area contributed by atoms with E-state index >= 15 is 0 Å². The average molecular weight is 280 g/mol. The molecule has 0 fully saturated rings. The molecule has 4 N–H and O–H groups in total. The van der Waals surface area contributed by atoms with Crippen LogP contribution in [0.5, 0.6) is 0 Å². The van der Waals surface area contributed by atoms with Crippen molar-refractivity contribution in [3.05, 3.63) is 29.8 Å². The Morgan fingerprint density at radius 1 is 1.35 bits per heavy atom. The minimum Gasteiger partial charge on any atom is -0.480 e. The third kappa shape index (κ3) is 5.60. The highest BCUT2D eigenvalue weighted by Gasteiger charge is 2.20. The lowest BCUT2D eigenvalue weighted by Gasteiger charge is -2.14. The number of nitrogens with two attached hydrogens (primary N) is 1. The highest BCUT2D eigenvalue weighted by atomic mass is 16.5. The van der Waals surface area contributed by atoms with Crippen molar-refractivity contribution in [1.29, 1.82) is 0 Å². The number of carboxylic acids is 1. The fraction of sp³-hybridized carbons (Fsp3) is 0.429. The van der Waals surface area contributed by atoms with Crippen molar-refractivity contribution >= 4 is 17.7 Å². The van der Waals surface area contributed by atoms with Crippen LogP contribution in [0.25, 0.3) is 0 Å². The number of amides is 1. The molecule has 110 valence electrons. The zero-order chi connectivity index (χ0) is 15.0. The molecule has 1 aromatic carbocycles. The minimum absolute atomic E-state index is 0.179. The fourth-order valence-corrected chi connectivity index (χ4v) is 1.58. The van der Waals surface area contributed by atoms with Crippen molar-refractivity contribution in [2.75, 3.05) is 12.3 Å². The Morgan fingerprint density at radius 2 is 2.00 bits per heavy atom. The number of benzene rings is 1. The van der Waals surface area contributed by atoms with Gasteiger partial charge >= 0.3 is 12.1 Å². The molecule has 0 aliphatic carbocycles. The van der Waals surface area contributed by atoms with Crippen LogP contribution in [-0.4, -0.2) is 29.8 Å². The van der Waals surface area contributed by atoms with Crippen LogP contribution in [0.4, 0.5) is 10.5 Å². The van der Waals surface area contributed by atoms with Gasteiger partial charge in [-0.3, -0.25) is 0 Å². The maximum atomic E-state index is 11.5. The second kappa shape index (κ2) is 8.04. The summed E-state index contributed by atoms with van der Waals surface area (Å²) in [5, 5.41) is 11.5. The number of carboxylic acid groups (broad SMARTS) is 1. The van der Waals surface area contributed by atoms with E-state index in [2.05, 4.69) is 5.32 Å². The highest BCUT2D eigenvalue weighted by Crippen LogP contribution is 2.08. The van der Waals surface area contributed by atoms with E-state index in [1.807, 2.05) is 6.92 Å². The first kappa shape index (κ1) is 15.8. The molecule has 1 atom stereocenters. The first-order valence-corrected chi connectivity index (χ1v) is 6.53. The average Bonchev–Trinajstić information content (AvgIpc) is 2.40. The zero-order valence-corrected chi connectivity index (χ0v) is 11.5. The molecule has 0 aromatic heterocycles. The predicted octanol–water partition coefficient (Wildman–Crippen LogP) is 1.79. The Bertz CT molecular complexity index is 445. The number of rotatable bonds is 7. The molecule has 1 amide bonds. The van der Waals surface area contributed by atoms with E-state index in [-0.39, 0.29) is 13.0 Å². The van der Waals surface area contributed by atoms with Crippen LogP contribution >= 0.6 is 0 Å². The molecular formula is C14H20N2O4. The van der Waals surface area contributed by atoms with Gasteiger partial charge in [-0.25, -0.2) is 9.59 Å². The number of hydrogen-bond acceptors (Lipinski definition) is 4. The third-order valence-corrected chi connectivity index (χ3v) is 2.74. The SMILES string of the molecule is CCCCOC(=O)N[C@@H](Cc1ccc(N)cc1)C(=O)O. The molecule has 0 unspecified atom stereocenters. The number of alkyl carbamates (subject to hydrolysis) is 1. The van der Waals surface area contributed by atoms with E-state index in [0.717, 1.165) is 18.4 Å². The molecule has 1 aromatic rings. The van der Waals surface area contributed by atoms with E-state index in [1.54, 1.807) is 24.3 Å². The number of unbranched alkanes of at least 4 members (excludes halogenated alkanes) is 1. The summed E-state index contributed by atoms with van der Waals surface area (Å²) in [7, 11) is 0. The molecular weight excluding hydrogens is 260 g/mol. The maximum Gasteiger partial charge on any atom is 0.407 e. The number of carbonyl (C=O) groups excluding carboxylic acids is 1. The lowest BCUT2D eigenvalue weighted by molar-refractivity contribution is -0.139. The van der Waals surface area contributed by atoms with Gasteiger partial charge in [-0.2, -0.15) is 0 Å². The number of carbonyl (C=O) groups is 2. The monoisotopic (exact) mass is 280 g/mol. The van der Waals surface area contributed by atoms with Gasteiger partial charge in [-0.1, -0.05) is 25.5 Å². The summed E-state index contributed by atoms with van der Waals surface area (Å²) in [6.45, 7) is 2.26. The Labute approximate surface area is 117 Å². The molecule has 6 nitrogen and oxygen atoms in total. The smallest absolute Gasteiger partial charge is 0.407 e. The van der Waals surface area contributed by atoms with Gasteiger partial charge in [0.1, 0.15) is 6.04 Å². The lowest BCUT2D eigenvalue weighted by atomic mass is 10.1. The number of anilines is 1. The first-order chi connectivity index (χ1) is 9.52. The van der Waals surface area contributed by atoms with E-state index in [0.29, 0.717) is 5.69 Å². The molecule has 0 spiro atoms. The van der Waals surface area contributed by atoms with Gasteiger partial charge < -0.3 is 20.9 Å². The third-order valence-electron chi connectivity index (χ3n) is 2.74. The topological polar surface area (TPSA) is 102 Å². The molecule has 0 aliphatic heterocycles. The van der Waals surface area contributed by atoms with Crippen molar-refractivity contribution in [1.82, 2.24) is 5.32 Å². The quantitative estimate of drug-likeness (QED) is 0.522. The Morgan fingerprint density at radius 3 is 2.55 bits per heavy atom. The zero-order valence-electron chi connectivity index (χ0n) is 11.5. The van der Waals surface area contributed by atoms with Crippen molar-refractivity contribution in [2.24, 2.45) is 0 Å². The Hall–Kier alpha value is -2.24. The molecule has 0 saturated carbocycles. The molecule has 6 heteroatoms. The summed E-state index contributed by atoms with van der Waals surface area (Å²) in [4.78, 5) is 22.6. The largest absolute Gasteiger partial charge is 0.480 e. The van der Waals surface area contributed by atoms with Crippen molar-refractivity contribution in [2.45, 2.75) is 32.2 Å². The number of ether oxygens (including phenoxy) is 1. The second-order valence-corrected chi connectivity index (χ2v) is 4.47. The molecule has 1 rings (SSSR count). The van der Waals surface area contributed by atoms with Crippen LogP contribution in [-0.2, 0) is 16.0 Å². The predicted molar refractivity (Wildman–Crippen MR) is 75.4 cm³/mol. The number of nitrogen functional groups attached to an aromatic ring is 1. The number of aliphatic carboxylic acids is 1. The number of hydrogen-bond donors (Lipinski definition) is 3. The molecule has 0 aliphatic rings.